The fourth-order valence-electron chi connectivity index (χ4n) is 3.08. The number of benzene rings is 1. The molecular weight excluding hydrogens is 410 g/mol. The fraction of sp³-hybridized carbons (Fsp3) is 0.471. The number of ether oxygens (including phenoxy) is 2. The Bertz CT molecular complexity index is 725. The molecule has 134 valence electrons. The number of methoxy groups -OCH3 is 1. The largest absolute Gasteiger partial charge is 0.456 e. The molecule has 2 saturated heterocycles. The molecule has 0 bridgehead atoms. The van der Waals surface area contributed by atoms with Gasteiger partial charge in [0.1, 0.15) is 11.4 Å². The van der Waals surface area contributed by atoms with Gasteiger partial charge in [-0.1, -0.05) is 30.3 Å². The molecule has 2 aliphatic rings. The van der Waals surface area contributed by atoms with Crippen molar-refractivity contribution in [2.45, 2.75) is 34.5 Å². The van der Waals surface area contributed by atoms with E-state index in [9.17, 15) is 14.4 Å². The van der Waals surface area contributed by atoms with Crippen molar-refractivity contribution >= 4 is 45.4 Å². The number of alkyl halides is 1. The molecule has 1 aromatic rings. The van der Waals surface area contributed by atoms with Crippen LogP contribution in [0.15, 0.2) is 30.3 Å². The molecule has 3 atom stereocenters. The molecule has 0 N–H and O–H groups in total. The molecule has 0 aromatic heterocycles. The summed E-state index contributed by atoms with van der Waals surface area (Å²) in [5.41, 5.74) is 0.479. The molecule has 2 heterocycles. The third-order valence-electron chi connectivity index (χ3n) is 4.41. The van der Waals surface area contributed by atoms with Gasteiger partial charge in [-0.15, -0.1) is 11.8 Å². The van der Waals surface area contributed by atoms with Crippen LogP contribution in [0.4, 0.5) is 0 Å². The summed E-state index contributed by atoms with van der Waals surface area (Å²) < 4.78 is 8.84. The van der Waals surface area contributed by atoms with Gasteiger partial charge in [0.25, 0.3) is 5.91 Å². The summed E-state index contributed by atoms with van der Waals surface area (Å²) in [6.45, 7) is 3.39. The van der Waals surface area contributed by atoms with Gasteiger partial charge >= 0.3 is 5.97 Å². The van der Waals surface area contributed by atoms with Crippen LogP contribution in [0.25, 0.3) is 0 Å². The van der Waals surface area contributed by atoms with Crippen molar-refractivity contribution < 1.29 is 23.9 Å². The lowest BCUT2D eigenvalue weighted by atomic mass is 9.97. The highest BCUT2D eigenvalue weighted by atomic mass is 79.9. The Balaban J connectivity index is 1.70. The Kier molecular flexibility index (Phi) is 4.72. The van der Waals surface area contributed by atoms with Crippen molar-refractivity contribution in [2.75, 3.05) is 13.7 Å². The van der Waals surface area contributed by atoms with E-state index < -0.39 is 21.3 Å². The number of ketones is 1. The fourth-order valence-corrected chi connectivity index (χ4v) is 5.38. The van der Waals surface area contributed by atoms with E-state index in [4.69, 9.17) is 9.47 Å². The average Bonchev–Trinajstić information content (AvgIpc) is 2.88. The molecule has 0 saturated carbocycles. The molecular formula is C17H18BrNO5S. The number of hydrogen-bond donors (Lipinski definition) is 0. The van der Waals surface area contributed by atoms with Crippen LogP contribution in [0, 0.1) is 0 Å². The van der Waals surface area contributed by atoms with E-state index >= 15 is 0 Å². The molecule has 1 amide bonds. The second kappa shape index (κ2) is 6.41. The van der Waals surface area contributed by atoms with Crippen LogP contribution in [0.2, 0.25) is 0 Å². The van der Waals surface area contributed by atoms with Gasteiger partial charge in [-0.2, -0.15) is 0 Å². The quantitative estimate of drug-likeness (QED) is 0.310. The molecule has 1 aromatic carbocycles. The van der Waals surface area contributed by atoms with Crippen LogP contribution in [0.3, 0.4) is 0 Å². The van der Waals surface area contributed by atoms with Crippen LogP contribution in [-0.4, -0.2) is 56.9 Å². The Morgan fingerprint density at radius 3 is 2.52 bits per heavy atom. The molecule has 0 spiro atoms. The number of carbonyl (C=O) groups excluding carboxylic acids is 3. The second-order valence-corrected chi connectivity index (χ2v) is 9.35. The number of esters is 1. The van der Waals surface area contributed by atoms with Gasteiger partial charge in [0.05, 0.1) is 0 Å². The average molecular weight is 428 g/mol. The summed E-state index contributed by atoms with van der Waals surface area (Å²) >= 11 is 4.79. The second-order valence-electron chi connectivity index (χ2n) is 6.43. The highest BCUT2D eigenvalue weighted by Crippen LogP contribution is 2.58. The van der Waals surface area contributed by atoms with Gasteiger partial charge in [-0.05, 0) is 29.8 Å². The third kappa shape index (κ3) is 2.90. The van der Waals surface area contributed by atoms with Crippen molar-refractivity contribution in [3.05, 3.63) is 35.9 Å². The molecule has 2 fully saturated rings. The SMILES string of the molecule is CO[C@]1(Br)C(=O)N2[C@@H](C(=O)OCC(=O)c3ccccc3)C(C)(C)S[C@@H]21. The molecule has 3 rings (SSSR count). The van der Waals surface area contributed by atoms with E-state index in [0.717, 1.165) is 0 Å². The maximum absolute atomic E-state index is 12.6. The lowest BCUT2D eigenvalue weighted by Crippen LogP contribution is -2.71. The van der Waals surface area contributed by atoms with E-state index in [1.54, 1.807) is 30.3 Å². The normalized spacial score (nSPS) is 29.8. The van der Waals surface area contributed by atoms with E-state index in [1.807, 2.05) is 13.8 Å². The number of thioether (sulfide) groups is 1. The molecule has 8 heteroatoms. The highest BCUT2D eigenvalue weighted by molar-refractivity contribution is 9.10. The van der Waals surface area contributed by atoms with Gasteiger partial charge in [-0.25, -0.2) is 4.79 Å². The highest BCUT2D eigenvalue weighted by Gasteiger charge is 2.71. The first-order valence-electron chi connectivity index (χ1n) is 7.72. The number of β-lactam (4-membered cyclic amide) rings is 1. The number of nitrogens with zero attached hydrogens (tertiary/aromatic N) is 1. The molecule has 0 unspecified atom stereocenters. The summed E-state index contributed by atoms with van der Waals surface area (Å²) in [6.07, 6.45) is 0. The molecule has 0 radical (unpaired) electrons. The number of fused-ring (bicyclic) bond motifs is 1. The van der Waals surface area contributed by atoms with Crippen LogP contribution in [0.5, 0.6) is 0 Å². The summed E-state index contributed by atoms with van der Waals surface area (Å²) in [5, 5.41) is -0.317. The first-order valence-corrected chi connectivity index (χ1v) is 9.39. The lowest BCUT2D eigenvalue weighted by molar-refractivity contribution is -0.177. The molecule has 0 aliphatic carbocycles. The number of hydrogen-bond acceptors (Lipinski definition) is 6. The van der Waals surface area contributed by atoms with Crippen molar-refractivity contribution in [3.8, 4) is 0 Å². The Morgan fingerprint density at radius 1 is 1.28 bits per heavy atom. The first kappa shape index (κ1) is 18.4. The molecule has 2 aliphatic heterocycles. The molecule has 6 nitrogen and oxygen atoms in total. The zero-order chi connectivity index (χ0) is 18.4. The minimum Gasteiger partial charge on any atom is -0.456 e. The monoisotopic (exact) mass is 427 g/mol. The van der Waals surface area contributed by atoms with E-state index in [1.165, 1.54) is 23.8 Å². The topological polar surface area (TPSA) is 72.9 Å². The zero-order valence-electron chi connectivity index (χ0n) is 14.0. The summed E-state index contributed by atoms with van der Waals surface area (Å²) in [4.78, 5) is 38.6. The Morgan fingerprint density at radius 2 is 1.92 bits per heavy atom. The van der Waals surface area contributed by atoms with Crippen molar-refractivity contribution in [2.24, 2.45) is 0 Å². The summed E-state index contributed by atoms with van der Waals surface area (Å²) in [7, 11) is 1.45. The van der Waals surface area contributed by atoms with Crippen LogP contribution in [-0.2, 0) is 19.1 Å². The number of rotatable bonds is 5. The number of halogens is 1. The van der Waals surface area contributed by atoms with Crippen molar-refractivity contribution in [3.63, 3.8) is 0 Å². The van der Waals surface area contributed by atoms with Crippen molar-refractivity contribution in [1.82, 2.24) is 4.90 Å². The predicted octanol–water partition coefficient (Wildman–Crippen LogP) is 2.21. The van der Waals surface area contributed by atoms with E-state index in [-0.39, 0.29) is 23.7 Å². The van der Waals surface area contributed by atoms with Crippen molar-refractivity contribution in [1.29, 1.82) is 0 Å². The first-order chi connectivity index (χ1) is 11.7. The predicted molar refractivity (Wildman–Crippen MR) is 96.5 cm³/mol. The lowest BCUT2D eigenvalue weighted by Gasteiger charge is -2.48. The Labute approximate surface area is 158 Å². The number of carbonyl (C=O) groups is 3. The van der Waals surface area contributed by atoms with E-state index in [0.29, 0.717) is 5.56 Å². The number of amides is 1. The van der Waals surface area contributed by atoms with Gasteiger partial charge in [0, 0.05) is 17.4 Å². The van der Waals surface area contributed by atoms with Gasteiger partial charge in [0.2, 0.25) is 4.51 Å². The smallest absolute Gasteiger partial charge is 0.330 e. The van der Waals surface area contributed by atoms with Crippen LogP contribution in [0.1, 0.15) is 24.2 Å². The Hall–Kier alpha value is -1.38. The standard InChI is InChI=1S/C17H18BrNO5S/c1-16(2)12(19-14(22)17(18,23-3)15(19)25-16)13(21)24-9-11(20)10-7-5-4-6-8-10/h4-8,12,15H,9H2,1-3H3/t12-,15+,17+/m0/s1. The zero-order valence-corrected chi connectivity index (χ0v) is 16.4. The van der Waals surface area contributed by atoms with Gasteiger partial charge < -0.3 is 14.4 Å². The third-order valence-corrected chi connectivity index (χ3v) is 7.42. The van der Waals surface area contributed by atoms with Gasteiger partial charge in [0.15, 0.2) is 12.4 Å². The maximum atomic E-state index is 12.6. The van der Waals surface area contributed by atoms with E-state index in [2.05, 4.69) is 15.9 Å². The van der Waals surface area contributed by atoms with Crippen LogP contribution < -0.4 is 0 Å². The summed E-state index contributed by atoms with van der Waals surface area (Å²) in [5.74, 6) is -1.17. The van der Waals surface area contributed by atoms with Gasteiger partial charge in [-0.3, -0.25) is 9.59 Å². The molecule has 25 heavy (non-hydrogen) atoms. The summed E-state index contributed by atoms with van der Waals surface area (Å²) in [6, 6.07) is 7.86. The number of Topliss-reactive ketones (excluding diaryl/α,β-unsaturated/α-hetero) is 1. The minimum atomic E-state index is -1.11. The van der Waals surface area contributed by atoms with Crippen LogP contribution >= 0.6 is 27.7 Å². The maximum Gasteiger partial charge on any atom is 0.330 e. The minimum absolute atomic E-state index is 0.282.